The van der Waals surface area contributed by atoms with Crippen molar-refractivity contribution in [3.8, 4) is 0 Å². The lowest BCUT2D eigenvalue weighted by molar-refractivity contribution is -0.139. The van der Waals surface area contributed by atoms with Crippen molar-refractivity contribution in [3.63, 3.8) is 0 Å². The zero-order valence-corrected chi connectivity index (χ0v) is 12.8. The molecule has 5 heteroatoms. The molecule has 0 heterocycles. The Morgan fingerprint density at radius 1 is 1.41 bits per heavy atom. The van der Waals surface area contributed by atoms with Gasteiger partial charge in [0.2, 0.25) is 5.91 Å². The van der Waals surface area contributed by atoms with Crippen LogP contribution in [0, 0.1) is 11.2 Å². The van der Waals surface area contributed by atoms with Crippen molar-refractivity contribution in [3.05, 3.63) is 35.6 Å². The highest BCUT2D eigenvalue weighted by Gasteiger charge is 2.44. The summed E-state index contributed by atoms with van der Waals surface area (Å²) in [6, 6.07) is 6.19. The van der Waals surface area contributed by atoms with Gasteiger partial charge in [-0.1, -0.05) is 18.6 Å². The number of benzene rings is 1. The summed E-state index contributed by atoms with van der Waals surface area (Å²) >= 11 is 0. The molecule has 2 rings (SSSR count). The van der Waals surface area contributed by atoms with E-state index in [1.54, 1.807) is 6.07 Å². The summed E-state index contributed by atoms with van der Waals surface area (Å²) in [6.07, 6.45) is 3.56. The van der Waals surface area contributed by atoms with E-state index in [9.17, 15) is 14.0 Å². The largest absolute Gasteiger partial charge is 0.481 e. The van der Waals surface area contributed by atoms with Crippen molar-refractivity contribution >= 4 is 11.9 Å². The van der Waals surface area contributed by atoms with Gasteiger partial charge in [0.15, 0.2) is 0 Å². The highest BCUT2D eigenvalue weighted by molar-refractivity contribution is 5.84. The molecule has 0 aliphatic heterocycles. The minimum absolute atomic E-state index is 0.0400. The number of carboxylic acids is 1. The summed E-state index contributed by atoms with van der Waals surface area (Å²) in [5, 5.41) is 11.6. The van der Waals surface area contributed by atoms with E-state index in [1.165, 1.54) is 12.1 Å². The quantitative estimate of drug-likeness (QED) is 0.814. The highest BCUT2D eigenvalue weighted by Crippen LogP contribution is 2.44. The van der Waals surface area contributed by atoms with Crippen LogP contribution in [0.2, 0.25) is 0 Å². The summed E-state index contributed by atoms with van der Waals surface area (Å²) < 4.78 is 13.3. The van der Waals surface area contributed by atoms with Gasteiger partial charge >= 0.3 is 5.97 Å². The van der Waals surface area contributed by atoms with Crippen molar-refractivity contribution in [1.82, 2.24) is 5.32 Å². The number of aliphatic carboxylic acids is 1. The van der Waals surface area contributed by atoms with Crippen LogP contribution >= 0.6 is 0 Å². The molecule has 1 amide bonds. The maximum absolute atomic E-state index is 13.3. The first kappa shape index (κ1) is 16.5. The number of halogens is 1. The van der Waals surface area contributed by atoms with Crippen LogP contribution in [0.4, 0.5) is 4.39 Å². The van der Waals surface area contributed by atoms with Gasteiger partial charge in [-0.25, -0.2) is 4.39 Å². The number of nitrogens with one attached hydrogen (secondary N) is 1. The molecule has 120 valence electrons. The van der Waals surface area contributed by atoms with Crippen LogP contribution in [0.15, 0.2) is 24.3 Å². The molecule has 1 unspecified atom stereocenters. The van der Waals surface area contributed by atoms with E-state index >= 15 is 0 Å². The first-order valence-electron chi connectivity index (χ1n) is 7.68. The molecule has 0 aromatic heterocycles. The fourth-order valence-corrected chi connectivity index (χ4v) is 2.91. The third-order valence-electron chi connectivity index (χ3n) is 4.39. The number of amides is 1. The topological polar surface area (TPSA) is 66.4 Å². The summed E-state index contributed by atoms with van der Waals surface area (Å²) in [7, 11) is 0. The zero-order chi connectivity index (χ0) is 16.2. The van der Waals surface area contributed by atoms with Gasteiger partial charge in [-0.2, -0.15) is 0 Å². The molecule has 0 saturated heterocycles. The molecule has 1 atom stereocenters. The Bertz CT molecular complexity index is 555. The summed E-state index contributed by atoms with van der Waals surface area (Å²) in [4.78, 5) is 23.1. The minimum Gasteiger partial charge on any atom is -0.481 e. The van der Waals surface area contributed by atoms with Crippen LogP contribution < -0.4 is 5.32 Å². The van der Waals surface area contributed by atoms with E-state index in [4.69, 9.17) is 5.11 Å². The molecule has 1 saturated carbocycles. The molecule has 1 fully saturated rings. The van der Waals surface area contributed by atoms with Gasteiger partial charge < -0.3 is 10.4 Å². The normalized spacial score (nSPS) is 17.4. The standard InChI is InChI=1S/C17H22FNO3/c1-12(6-7-15(20)21)19-16(22)17(8-3-9-17)11-13-4-2-5-14(18)10-13/h2,4-5,10,12H,3,6-9,11H2,1H3,(H,19,22)(H,20,21). The predicted octanol–water partition coefficient (Wildman–Crippen LogP) is 2.91. The lowest BCUT2D eigenvalue weighted by atomic mass is 9.64. The Labute approximate surface area is 129 Å². The van der Waals surface area contributed by atoms with E-state index < -0.39 is 11.4 Å². The molecule has 0 bridgehead atoms. The summed E-state index contributed by atoms with van der Waals surface area (Å²) in [6.45, 7) is 1.81. The van der Waals surface area contributed by atoms with E-state index in [1.807, 2.05) is 13.0 Å². The fraction of sp³-hybridized carbons (Fsp3) is 0.529. The average molecular weight is 307 g/mol. The van der Waals surface area contributed by atoms with E-state index in [0.29, 0.717) is 12.8 Å². The number of carbonyl (C=O) groups excluding carboxylic acids is 1. The van der Waals surface area contributed by atoms with Crippen molar-refractivity contribution in [2.75, 3.05) is 0 Å². The molecule has 1 aliphatic rings. The number of carboxylic acid groups (broad SMARTS) is 1. The molecular weight excluding hydrogens is 285 g/mol. The van der Waals surface area contributed by atoms with Crippen molar-refractivity contribution in [2.45, 2.75) is 51.5 Å². The lowest BCUT2D eigenvalue weighted by Gasteiger charge is -2.41. The van der Waals surface area contributed by atoms with Gasteiger partial charge in [0.05, 0.1) is 5.41 Å². The van der Waals surface area contributed by atoms with Crippen LogP contribution in [0.3, 0.4) is 0 Å². The molecule has 4 nitrogen and oxygen atoms in total. The highest BCUT2D eigenvalue weighted by atomic mass is 19.1. The minimum atomic E-state index is -0.862. The van der Waals surface area contributed by atoms with Crippen molar-refractivity contribution in [1.29, 1.82) is 0 Å². The predicted molar refractivity (Wildman–Crippen MR) is 80.9 cm³/mol. The van der Waals surface area contributed by atoms with Gasteiger partial charge in [0.25, 0.3) is 0 Å². The smallest absolute Gasteiger partial charge is 0.303 e. The monoisotopic (exact) mass is 307 g/mol. The summed E-state index contributed by atoms with van der Waals surface area (Å²) in [5.74, 6) is -1.19. The van der Waals surface area contributed by atoms with Gasteiger partial charge in [-0.3, -0.25) is 9.59 Å². The number of carbonyl (C=O) groups is 2. The van der Waals surface area contributed by atoms with Crippen LogP contribution in [0.1, 0.15) is 44.6 Å². The first-order valence-corrected chi connectivity index (χ1v) is 7.68. The molecular formula is C17H22FNO3. The Kier molecular flexibility index (Phi) is 5.16. The van der Waals surface area contributed by atoms with E-state index in [-0.39, 0.29) is 24.2 Å². The Balaban J connectivity index is 1.97. The molecule has 2 N–H and O–H groups in total. The average Bonchev–Trinajstić information content (AvgIpc) is 2.40. The Hall–Kier alpha value is -1.91. The van der Waals surface area contributed by atoms with E-state index in [0.717, 1.165) is 24.8 Å². The molecule has 0 spiro atoms. The number of hydrogen-bond donors (Lipinski definition) is 2. The maximum atomic E-state index is 13.3. The third-order valence-corrected chi connectivity index (χ3v) is 4.39. The second-order valence-corrected chi connectivity index (χ2v) is 6.25. The van der Waals surface area contributed by atoms with Crippen LogP contribution in [-0.4, -0.2) is 23.0 Å². The zero-order valence-electron chi connectivity index (χ0n) is 12.8. The Morgan fingerprint density at radius 3 is 2.68 bits per heavy atom. The Morgan fingerprint density at radius 2 is 2.14 bits per heavy atom. The van der Waals surface area contributed by atoms with Gasteiger partial charge in [-0.15, -0.1) is 0 Å². The summed E-state index contributed by atoms with van der Waals surface area (Å²) in [5.41, 5.74) is 0.360. The molecule has 1 aromatic carbocycles. The fourth-order valence-electron chi connectivity index (χ4n) is 2.91. The molecule has 1 aliphatic carbocycles. The SMILES string of the molecule is CC(CCC(=O)O)NC(=O)C1(Cc2cccc(F)c2)CCC1. The number of rotatable bonds is 7. The van der Waals surface area contributed by atoms with Gasteiger partial charge in [-0.05, 0) is 50.3 Å². The van der Waals surface area contributed by atoms with Crippen LogP contribution in [-0.2, 0) is 16.0 Å². The van der Waals surface area contributed by atoms with Gasteiger partial charge in [0, 0.05) is 12.5 Å². The second-order valence-electron chi connectivity index (χ2n) is 6.25. The van der Waals surface area contributed by atoms with Crippen molar-refractivity contribution in [2.24, 2.45) is 5.41 Å². The van der Waals surface area contributed by atoms with Gasteiger partial charge in [0.1, 0.15) is 5.82 Å². The number of hydrogen-bond acceptors (Lipinski definition) is 2. The lowest BCUT2D eigenvalue weighted by Crippen LogP contribution is -2.49. The molecule has 0 radical (unpaired) electrons. The van der Waals surface area contributed by atoms with E-state index in [2.05, 4.69) is 5.32 Å². The van der Waals surface area contributed by atoms with Crippen LogP contribution in [0.5, 0.6) is 0 Å². The maximum Gasteiger partial charge on any atom is 0.303 e. The second kappa shape index (κ2) is 6.90. The van der Waals surface area contributed by atoms with Crippen LogP contribution in [0.25, 0.3) is 0 Å². The molecule has 1 aromatic rings. The third kappa shape index (κ3) is 4.06. The molecule has 22 heavy (non-hydrogen) atoms. The van der Waals surface area contributed by atoms with Crippen molar-refractivity contribution < 1.29 is 19.1 Å². The first-order chi connectivity index (χ1) is 10.4.